The minimum absolute atomic E-state index is 0.0391. The number of aromatic nitrogens is 2. The van der Waals surface area contributed by atoms with E-state index in [2.05, 4.69) is 9.51 Å². The molecule has 0 aromatic carbocycles. The van der Waals surface area contributed by atoms with Crippen molar-refractivity contribution in [1.82, 2.24) is 9.55 Å². The fraction of sp³-hybridized carbons (Fsp3) is 0.556. The lowest BCUT2D eigenvalue weighted by Gasteiger charge is -2.30. The highest BCUT2D eigenvalue weighted by Gasteiger charge is 2.44. The Morgan fingerprint density at radius 2 is 2.14 bits per heavy atom. The number of nitrogens with zero attached hydrogens (tertiary/aromatic N) is 2. The Kier molecular flexibility index (Phi) is 4.44. The normalized spacial score (nSPS) is 29.7. The van der Waals surface area contributed by atoms with Crippen LogP contribution >= 0.6 is 7.82 Å². The summed E-state index contributed by atoms with van der Waals surface area (Å²) in [6.45, 7) is -0.782. The summed E-state index contributed by atoms with van der Waals surface area (Å²) in [5.74, 6) is -0.0391. The molecule has 0 saturated carbocycles. The lowest BCUT2D eigenvalue weighted by molar-refractivity contribution is -0.343. The molecule has 2 rings (SSSR count). The molecule has 11 nitrogen and oxygen atoms in total. The van der Waals surface area contributed by atoms with Gasteiger partial charge < -0.3 is 39.6 Å². The lowest BCUT2D eigenvalue weighted by Crippen LogP contribution is -2.36. The van der Waals surface area contributed by atoms with Gasteiger partial charge in [-0.05, 0) is 6.07 Å². The predicted octanol–water partition coefficient (Wildman–Crippen LogP) is -3.71. The van der Waals surface area contributed by atoms with Crippen LogP contribution in [0, 0.1) is 0 Å². The third-order valence-corrected chi connectivity index (χ3v) is 3.33. The van der Waals surface area contributed by atoms with Crippen molar-refractivity contribution in [3.05, 3.63) is 22.7 Å². The number of phosphoric acid groups is 1. The van der Waals surface area contributed by atoms with Gasteiger partial charge in [-0.2, -0.15) is 4.98 Å². The van der Waals surface area contributed by atoms with Gasteiger partial charge in [-0.1, -0.05) is 0 Å². The number of hydrogen-bond donors (Lipinski definition) is 3. The largest absolute Gasteiger partial charge is 0.790 e. The van der Waals surface area contributed by atoms with Crippen molar-refractivity contribution in [2.75, 3.05) is 12.3 Å². The van der Waals surface area contributed by atoms with Crippen LogP contribution in [-0.4, -0.2) is 44.7 Å². The van der Waals surface area contributed by atoms with Crippen molar-refractivity contribution >= 4 is 13.6 Å². The van der Waals surface area contributed by atoms with E-state index in [1.807, 2.05) is 0 Å². The van der Waals surface area contributed by atoms with Gasteiger partial charge >= 0.3 is 5.69 Å². The standard InChI is InChI=1S/C9H14N3O8P/c10-5-1-2-12(9(15)11-5)8-7(14)6(13)4(20-8)3-19-21(16,17)18/h1-2,4,6-8,13-14H,3H2,(H2,10,11,15)(H2,16,17,18)/p-2/t4-,6-,7+,8-/m1/s1. The van der Waals surface area contributed by atoms with Gasteiger partial charge in [0.15, 0.2) is 6.23 Å². The van der Waals surface area contributed by atoms with E-state index in [0.717, 1.165) is 4.57 Å². The lowest BCUT2D eigenvalue weighted by atomic mass is 10.1. The molecule has 2 heterocycles. The molecule has 0 spiro atoms. The second-order valence-electron chi connectivity index (χ2n) is 4.33. The molecule has 0 bridgehead atoms. The molecule has 1 aliphatic rings. The van der Waals surface area contributed by atoms with E-state index < -0.39 is 44.7 Å². The molecular formula is C9H12N3O8P-2. The summed E-state index contributed by atoms with van der Waals surface area (Å²) in [4.78, 5) is 35.8. The molecule has 1 aliphatic heterocycles. The highest BCUT2D eigenvalue weighted by Crippen LogP contribution is 2.32. The number of nitrogen functional groups attached to an aromatic ring is 1. The first kappa shape index (κ1) is 16.0. The summed E-state index contributed by atoms with van der Waals surface area (Å²) in [5.41, 5.74) is 4.49. The molecule has 12 heteroatoms. The maximum absolute atomic E-state index is 11.6. The highest BCUT2D eigenvalue weighted by atomic mass is 31.2. The van der Waals surface area contributed by atoms with Crippen molar-refractivity contribution in [3.63, 3.8) is 0 Å². The van der Waals surface area contributed by atoms with Crippen LogP contribution in [-0.2, 0) is 13.8 Å². The number of nitrogens with two attached hydrogens (primary N) is 1. The Morgan fingerprint density at radius 1 is 1.48 bits per heavy atom. The zero-order valence-corrected chi connectivity index (χ0v) is 11.3. The average Bonchev–Trinajstić information content (AvgIpc) is 2.64. The van der Waals surface area contributed by atoms with Gasteiger partial charge in [-0.3, -0.25) is 4.57 Å². The third kappa shape index (κ3) is 3.66. The zero-order chi connectivity index (χ0) is 15.8. The first-order chi connectivity index (χ1) is 9.69. The average molecular weight is 321 g/mol. The van der Waals surface area contributed by atoms with Crippen molar-refractivity contribution in [2.45, 2.75) is 24.5 Å². The van der Waals surface area contributed by atoms with Gasteiger partial charge in [0.1, 0.15) is 24.1 Å². The molecule has 118 valence electrons. The Bertz CT molecular complexity index is 615. The van der Waals surface area contributed by atoms with Crippen LogP contribution in [0.1, 0.15) is 6.23 Å². The Labute approximate surface area is 117 Å². The Hall–Kier alpha value is -1.33. The van der Waals surface area contributed by atoms with Crippen LogP contribution in [0.15, 0.2) is 17.1 Å². The van der Waals surface area contributed by atoms with Crippen molar-refractivity contribution in [1.29, 1.82) is 0 Å². The molecule has 4 N–H and O–H groups in total. The summed E-state index contributed by atoms with van der Waals surface area (Å²) in [6.07, 6.45) is -4.51. The van der Waals surface area contributed by atoms with Crippen LogP contribution in [0.4, 0.5) is 5.82 Å². The highest BCUT2D eigenvalue weighted by molar-refractivity contribution is 7.43. The third-order valence-electron chi connectivity index (χ3n) is 2.86. The number of aliphatic hydroxyl groups is 2. The van der Waals surface area contributed by atoms with E-state index in [1.165, 1.54) is 12.3 Å². The fourth-order valence-electron chi connectivity index (χ4n) is 1.88. The molecule has 0 unspecified atom stereocenters. The maximum Gasteiger partial charge on any atom is 0.351 e. The maximum atomic E-state index is 11.6. The van der Waals surface area contributed by atoms with Crippen LogP contribution in [0.3, 0.4) is 0 Å². The van der Waals surface area contributed by atoms with Gasteiger partial charge in [0.25, 0.3) is 0 Å². The molecule has 21 heavy (non-hydrogen) atoms. The molecule has 0 radical (unpaired) electrons. The molecule has 4 atom stereocenters. The van der Waals surface area contributed by atoms with E-state index in [9.17, 15) is 29.4 Å². The van der Waals surface area contributed by atoms with Gasteiger partial charge in [0, 0.05) is 6.20 Å². The second-order valence-corrected chi connectivity index (χ2v) is 5.48. The summed E-state index contributed by atoms with van der Waals surface area (Å²) in [6, 6.07) is 1.27. The first-order valence-corrected chi connectivity index (χ1v) is 7.18. The van der Waals surface area contributed by atoms with Gasteiger partial charge in [0.05, 0.1) is 14.4 Å². The van der Waals surface area contributed by atoms with Crippen LogP contribution in [0.5, 0.6) is 0 Å². The number of phosphoric ester groups is 1. The number of hydrogen-bond acceptors (Lipinski definition) is 10. The quantitative estimate of drug-likeness (QED) is 0.466. The van der Waals surface area contributed by atoms with E-state index in [0.29, 0.717) is 0 Å². The minimum Gasteiger partial charge on any atom is -0.790 e. The fourth-order valence-corrected chi connectivity index (χ4v) is 2.21. The van der Waals surface area contributed by atoms with E-state index >= 15 is 0 Å². The molecular weight excluding hydrogens is 309 g/mol. The topological polar surface area (TPSA) is 183 Å². The molecule has 0 amide bonds. The number of anilines is 1. The second kappa shape index (κ2) is 5.81. The Morgan fingerprint density at radius 3 is 2.71 bits per heavy atom. The number of ether oxygens (including phenoxy) is 1. The summed E-state index contributed by atoms with van der Waals surface area (Å²) >= 11 is 0. The van der Waals surface area contributed by atoms with Gasteiger partial charge in [-0.25, -0.2) is 4.79 Å². The van der Waals surface area contributed by atoms with Crippen LogP contribution < -0.4 is 21.2 Å². The van der Waals surface area contributed by atoms with Crippen molar-refractivity contribution in [3.8, 4) is 0 Å². The summed E-state index contributed by atoms with van der Waals surface area (Å²) < 4.78 is 20.4. The van der Waals surface area contributed by atoms with E-state index in [-0.39, 0.29) is 5.82 Å². The number of rotatable bonds is 4. The van der Waals surface area contributed by atoms with E-state index in [4.69, 9.17) is 10.5 Å². The SMILES string of the molecule is Nc1ccn([C@@H]2O[C@H](COP(=O)([O-])[O-])[C@@H](O)[C@@H]2O)c(=O)n1. The van der Waals surface area contributed by atoms with Crippen LogP contribution in [0.2, 0.25) is 0 Å². The smallest absolute Gasteiger partial charge is 0.351 e. The summed E-state index contributed by atoms with van der Waals surface area (Å²) in [5, 5.41) is 19.6. The van der Waals surface area contributed by atoms with Crippen molar-refractivity contribution < 1.29 is 33.8 Å². The minimum atomic E-state index is -5.24. The van der Waals surface area contributed by atoms with Gasteiger partial charge in [-0.15, -0.1) is 0 Å². The molecule has 1 aromatic rings. The molecule has 1 fully saturated rings. The van der Waals surface area contributed by atoms with E-state index in [1.54, 1.807) is 0 Å². The Balaban J connectivity index is 2.16. The molecule has 1 aromatic heterocycles. The molecule has 0 aliphatic carbocycles. The zero-order valence-electron chi connectivity index (χ0n) is 10.4. The predicted molar refractivity (Wildman–Crippen MR) is 62.4 cm³/mol. The van der Waals surface area contributed by atoms with Crippen LogP contribution in [0.25, 0.3) is 0 Å². The summed E-state index contributed by atoms with van der Waals surface area (Å²) in [7, 11) is -5.24. The van der Waals surface area contributed by atoms with Gasteiger partial charge in [0.2, 0.25) is 0 Å². The monoisotopic (exact) mass is 321 g/mol. The van der Waals surface area contributed by atoms with Crippen molar-refractivity contribution in [2.24, 2.45) is 0 Å². The first-order valence-electron chi connectivity index (χ1n) is 5.72. The molecule has 1 saturated heterocycles. The number of aliphatic hydroxyl groups excluding tert-OH is 2.